The van der Waals surface area contributed by atoms with Gasteiger partial charge in [0.05, 0.1) is 21.2 Å². The number of ether oxygens (including phenoxy) is 1. The van der Waals surface area contributed by atoms with Crippen LogP contribution in [0, 0.1) is 0 Å². The number of piperazine rings is 1. The summed E-state index contributed by atoms with van der Waals surface area (Å²) in [6, 6.07) is 8.45. The molecule has 14 nitrogen and oxygen atoms in total. The van der Waals surface area contributed by atoms with Crippen molar-refractivity contribution in [3.05, 3.63) is 56.9 Å². The number of benzene rings is 1. The largest absolute Gasteiger partial charge is 0.475 e. The van der Waals surface area contributed by atoms with Gasteiger partial charge in [0, 0.05) is 56.9 Å². The first-order valence-corrected chi connectivity index (χ1v) is 13.5. The second kappa shape index (κ2) is 11.7. The van der Waals surface area contributed by atoms with Crippen molar-refractivity contribution in [1.82, 2.24) is 55.6 Å². The van der Waals surface area contributed by atoms with E-state index < -0.39 is 0 Å². The second-order valence-electron chi connectivity index (χ2n) is 9.25. The molecule has 210 valence electrons. The Hall–Kier alpha value is -4.24. The molecule has 1 aromatic carbocycles. The van der Waals surface area contributed by atoms with Gasteiger partial charge in [0.2, 0.25) is 11.8 Å². The average molecular weight is 595 g/mol. The number of pyridine rings is 1. The minimum Gasteiger partial charge on any atom is -0.475 e. The van der Waals surface area contributed by atoms with Gasteiger partial charge in [-0.2, -0.15) is 4.98 Å². The minimum atomic E-state index is -0.306. The lowest BCUT2D eigenvalue weighted by atomic mass is 10.1. The Balaban J connectivity index is 1.27. The molecule has 41 heavy (non-hydrogen) atoms. The Morgan fingerprint density at radius 2 is 1.88 bits per heavy atom. The summed E-state index contributed by atoms with van der Waals surface area (Å²) in [6.45, 7) is 5.02. The first kappa shape index (κ1) is 27.0. The lowest BCUT2D eigenvalue weighted by Gasteiger charge is -2.26. The zero-order valence-electron chi connectivity index (χ0n) is 21.8. The Morgan fingerprint density at radius 1 is 1.07 bits per heavy atom. The number of halogens is 2. The number of fused-ring (bicyclic) bond motifs is 1. The van der Waals surface area contributed by atoms with Crippen LogP contribution in [-0.2, 0) is 7.05 Å². The number of nitrogens with one attached hydrogen (secondary N) is 3. The van der Waals surface area contributed by atoms with Gasteiger partial charge in [-0.3, -0.25) is 14.3 Å². The van der Waals surface area contributed by atoms with E-state index in [9.17, 15) is 4.79 Å². The highest BCUT2D eigenvalue weighted by Crippen LogP contribution is 2.34. The number of anilines is 2. The quantitative estimate of drug-likeness (QED) is 0.240. The summed E-state index contributed by atoms with van der Waals surface area (Å²) in [7, 11) is 1.62. The van der Waals surface area contributed by atoms with Crippen LogP contribution >= 0.6 is 23.2 Å². The topological polar surface area (TPSA) is 165 Å². The first-order chi connectivity index (χ1) is 20.0. The molecule has 0 atom stereocenters. The predicted molar refractivity (Wildman–Crippen MR) is 154 cm³/mol. The van der Waals surface area contributed by atoms with E-state index in [-0.39, 0.29) is 17.4 Å². The maximum atomic E-state index is 13.3. The number of aromatic amines is 1. The fourth-order valence-corrected chi connectivity index (χ4v) is 5.15. The van der Waals surface area contributed by atoms with Gasteiger partial charge in [0.1, 0.15) is 12.3 Å². The maximum absolute atomic E-state index is 13.3. The maximum Gasteiger partial charge on any atom is 0.259 e. The average Bonchev–Trinajstić information content (AvgIpc) is 3.52. The van der Waals surface area contributed by atoms with E-state index in [0.29, 0.717) is 56.0 Å². The highest BCUT2D eigenvalue weighted by molar-refractivity contribution is 6.39. The van der Waals surface area contributed by atoms with Crippen molar-refractivity contribution in [2.45, 2.75) is 0 Å². The Kier molecular flexibility index (Phi) is 7.69. The number of nitrogens with zero attached hydrogens (tertiary/aromatic N) is 9. The standard InChI is InChI=1S/C25H24Cl2N12O2/c1-38-22-14(11-15(24(38)40)20-17(26)3-2-4-18(20)27)13-29-25(31-22)30-19-12-16(21-33-36-37-34-21)23(35-32-19)41-10-9-39-7-5-28-6-8-39/h2-4,11-13,28H,5-10H2,1H3,(H,29,30,31,32)(H,33,34,36,37). The van der Waals surface area contributed by atoms with E-state index in [1.807, 2.05) is 0 Å². The second-order valence-corrected chi connectivity index (χ2v) is 10.1. The smallest absolute Gasteiger partial charge is 0.259 e. The van der Waals surface area contributed by atoms with Gasteiger partial charge in [-0.1, -0.05) is 29.3 Å². The minimum absolute atomic E-state index is 0.208. The predicted octanol–water partition coefficient (Wildman–Crippen LogP) is 2.30. The lowest BCUT2D eigenvalue weighted by molar-refractivity contribution is 0.188. The highest BCUT2D eigenvalue weighted by Gasteiger charge is 2.18. The zero-order valence-corrected chi connectivity index (χ0v) is 23.3. The van der Waals surface area contributed by atoms with Crippen molar-refractivity contribution in [3.8, 4) is 28.4 Å². The molecule has 5 aromatic rings. The fraction of sp³-hybridized carbons (Fsp3) is 0.280. The van der Waals surface area contributed by atoms with Crippen LogP contribution < -0.4 is 20.9 Å². The molecule has 1 saturated heterocycles. The molecule has 1 fully saturated rings. The molecule has 0 saturated carbocycles. The van der Waals surface area contributed by atoms with Gasteiger partial charge in [-0.15, -0.1) is 15.3 Å². The van der Waals surface area contributed by atoms with Crippen molar-refractivity contribution >= 4 is 46.0 Å². The van der Waals surface area contributed by atoms with Gasteiger partial charge in [0.25, 0.3) is 5.56 Å². The van der Waals surface area contributed by atoms with Crippen molar-refractivity contribution < 1.29 is 4.74 Å². The van der Waals surface area contributed by atoms with Crippen LogP contribution in [-0.4, -0.2) is 89.6 Å². The molecule has 0 unspecified atom stereocenters. The molecule has 0 aliphatic carbocycles. The van der Waals surface area contributed by atoms with E-state index in [1.54, 1.807) is 43.6 Å². The van der Waals surface area contributed by atoms with Crippen LogP contribution in [0.4, 0.5) is 11.8 Å². The molecule has 5 heterocycles. The molecule has 0 amide bonds. The molecule has 4 aromatic heterocycles. The van der Waals surface area contributed by atoms with Crippen LogP contribution in [0.3, 0.4) is 0 Å². The van der Waals surface area contributed by atoms with Crippen LogP contribution in [0.1, 0.15) is 0 Å². The van der Waals surface area contributed by atoms with Gasteiger partial charge in [-0.25, -0.2) is 10.1 Å². The van der Waals surface area contributed by atoms with Gasteiger partial charge < -0.3 is 15.4 Å². The lowest BCUT2D eigenvalue weighted by Crippen LogP contribution is -2.44. The zero-order chi connectivity index (χ0) is 28.3. The third-order valence-electron chi connectivity index (χ3n) is 6.64. The summed E-state index contributed by atoms with van der Waals surface area (Å²) in [5.74, 6) is 1.19. The molecule has 6 rings (SSSR count). The normalized spacial score (nSPS) is 13.9. The Morgan fingerprint density at radius 3 is 2.63 bits per heavy atom. The highest BCUT2D eigenvalue weighted by atomic mass is 35.5. The molecule has 0 bridgehead atoms. The summed E-state index contributed by atoms with van der Waals surface area (Å²) >= 11 is 12.7. The fourth-order valence-electron chi connectivity index (χ4n) is 4.55. The third kappa shape index (κ3) is 5.67. The SMILES string of the molecule is Cn1c(=O)c(-c2c(Cl)cccc2Cl)cc2cnc(Nc3cc(-c4nnn[nH]4)c(OCCN4CCNCC4)nn3)nc21. The number of aromatic nitrogens is 9. The van der Waals surface area contributed by atoms with E-state index in [0.717, 1.165) is 32.7 Å². The van der Waals surface area contributed by atoms with Crippen molar-refractivity contribution in [2.75, 3.05) is 44.6 Å². The summed E-state index contributed by atoms with van der Waals surface area (Å²) in [4.78, 5) is 24.5. The summed E-state index contributed by atoms with van der Waals surface area (Å²) < 4.78 is 7.37. The first-order valence-electron chi connectivity index (χ1n) is 12.7. The number of hydrogen-bond acceptors (Lipinski definition) is 12. The molecule has 1 aliphatic rings. The molecule has 1 aliphatic heterocycles. The van der Waals surface area contributed by atoms with E-state index in [2.05, 4.69) is 56.3 Å². The molecular formula is C25H24Cl2N12O2. The number of aryl methyl sites for hydroxylation is 1. The molecule has 0 spiro atoms. The Bertz CT molecular complexity index is 1740. The number of hydrogen-bond donors (Lipinski definition) is 3. The molecular weight excluding hydrogens is 571 g/mol. The summed E-state index contributed by atoms with van der Waals surface area (Å²) in [5.41, 5.74) is 1.42. The number of H-pyrrole nitrogens is 1. The van der Waals surface area contributed by atoms with E-state index in [4.69, 9.17) is 27.9 Å². The summed E-state index contributed by atoms with van der Waals surface area (Å²) in [6.07, 6.45) is 1.60. The molecule has 0 radical (unpaired) electrons. The summed E-state index contributed by atoms with van der Waals surface area (Å²) in [5, 5.41) is 30.3. The van der Waals surface area contributed by atoms with Gasteiger partial charge in [-0.05, 0) is 34.7 Å². The third-order valence-corrected chi connectivity index (χ3v) is 7.27. The number of tetrazole rings is 1. The van der Waals surface area contributed by atoms with Gasteiger partial charge >= 0.3 is 0 Å². The van der Waals surface area contributed by atoms with E-state index in [1.165, 1.54) is 4.57 Å². The Labute approximate surface area is 243 Å². The van der Waals surface area contributed by atoms with Crippen molar-refractivity contribution in [3.63, 3.8) is 0 Å². The van der Waals surface area contributed by atoms with Crippen molar-refractivity contribution in [1.29, 1.82) is 0 Å². The van der Waals surface area contributed by atoms with E-state index >= 15 is 0 Å². The van der Waals surface area contributed by atoms with Gasteiger partial charge in [0.15, 0.2) is 11.6 Å². The molecule has 16 heteroatoms. The van der Waals surface area contributed by atoms with Crippen LogP contribution in [0.25, 0.3) is 33.5 Å². The monoisotopic (exact) mass is 594 g/mol. The molecule has 3 N–H and O–H groups in total. The number of rotatable bonds is 8. The van der Waals surface area contributed by atoms with Crippen LogP contribution in [0.15, 0.2) is 41.3 Å². The van der Waals surface area contributed by atoms with Crippen LogP contribution in [0.5, 0.6) is 5.88 Å². The van der Waals surface area contributed by atoms with Crippen molar-refractivity contribution in [2.24, 2.45) is 7.05 Å². The van der Waals surface area contributed by atoms with Crippen LogP contribution in [0.2, 0.25) is 10.0 Å².